The van der Waals surface area contributed by atoms with Crippen molar-refractivity contribution in [3.8, 4) is 0 Å². The average molecular weight is 299 g/mol. The summed E-state index contributed by atoms with van der Waals surface area (Å²) in [6.07, 6.45) is 3.99. The molecule has 0 aromatic heterocycles. The van der Waals surface area contributed by atoms with E-state index in [0.717, 1.165) is 25.9 Å². The van der Waals surface area contributed by atoms with Gasteiger partial charge in [0.1, 0.15) is 5.54 Å². The molecule has 1 rings (SSSR count). The molecule has 4 heteroatoms. The van der Waals surface area contributed by atoms with Crippen LogP contribution in [0.15, 0.2) is 0 Å². The minimum Gasteiger partial charge on any atom is -0.465 e. The highest BCUT2D eigenvalue weighted by Gasteiger charge is 2.40. The fourth-order valence-corrected chi connectivity index (χ4v) is 2.37. The fourth-order valence-electron chi connectivity index (χ4n) is 2.37. The molecule has 0 bridgehead atoms. The molecule has 2 unspecified atom stereocenters. The normalized spacial score (nSPS) is 19.9. The van der Waals surface area contributed by atoms with E-state index in [2.05, 4.69) is 26.1 Å². The molecule has 124 valence electrons. The summed E-state index contributed by atoms with van der Waals surface area (Å²) in [5, 5.41) is 3.43. The smallest absolute Gasteiger partial charge is 0.326 e. The topological polar surface area (TPSA) is 47.6 Å². The third-order valence-corrected chi connectivity index (χ3v) is 3.78. The molecule has 1 aliphatic carbocycles. The molecule has 1 N–H and O–H groups in total. The quantitative estimate of drug-likeness (QED) is 0.664. The van der Waals surface area contributed by atoms with Crippen molar-refractivity contribution in [1.29, 1.82) is 0 Å². The summed E-state index contributed by atoms with van der Waals surface area (Å²) in [5.41, 5.74) is -0.366. The summed E-state index contributed by atoms with van der Waals surface area (Å²) >= 11 is 0. The molecule has 0 aromatic carbocycles. The Kier molecular flexibility index (Phi) is 6.67. The summed E-state index contributed by atoms with van der Waals surface area (Å²) < 4.78 is 11.1. The van der Waals surface area contributed by atoms with Gasteiger partial charge in [0.25, 0.3) is 0 Å². The summed E-state index contributed by atoms with van der Waals surface area (Å²) in [6.45, 7) is 13.6. The van der Waals surface area contributed by atoms with Crippen LogP contribution in [0.4, 0.5) is 0 Å². The van der Waals surface area contributed by atoms with Crippen LogP contribution in [0.5, 0.6) is 0 Å². The van der Waals surface area contributed by atoms with Crippen LogP contribution in [0.3, 0.4) is 0 Å². The first-order chi connectivity index (χ1) is 9.66. The van der Waals surface area contributed by atoms with Gasteiger partial charge in [-0.3, -0.25) is 10.1 Å². The van der Waals surface area contributed by atoms with Gasteiger partial charge in [0.15, 0.2) is 0 Å². The van der Waals surface area contributed by atoms with Gasteiger partial charge in [-0.1, -0.05) is 20.8 Å². The summed E-state index contributed by atoms with van der Waals surface area (Å²) in [6, 6.07) is 0.459. The number of carbonyl (C=O) groups is 1. The summed E-state index contributed by atoms with van der Waals surface area (Å²) in [5.74, 6) is -0.164. The Balaban J connectivity index is 2.48. The maximum Gasteiger partial charge on any atom is 0.326 e. The number of ether oxygens (including phenoxy) is 2. The van der Waals surface area contributed by atoms with Crippen molar-refractivity contribution >= 4 is 5.97 Å². The lowest BCUT2D eigenvalue weighted by Gasteiger charge is -2.31. The van der Waals surface area contributed by atoms with Gasteiger partial charge < -0.3 is 9.47 Å². The highest BCUT2D eigenvalue weighted by molar-refractivity contribution is 5.80. The van der Waals surface area contributed by atoms with Crippen LogP contribution in [0.2, 0.25) is 0 Å². The Bertz CT molecular complexity index is 333. The van der Waals surface area contributed by atoms with Gasteiger partial charge in [-0.25, -0.2) is 0 Å². The lowest BCUT2D eigenvalue weighted by Crippen LogP contribution is -2.53. The Hall–Kier alpha value is -0.610. The third kappa shape index (κ3) is 7.28. The van der Waals surface area contributed by atoms with E-state index in [4.69, 9.17) is 9.47 Å². The Morgan fingerprint density at radius 2 is 1.90 bits per heavy atom. The molecule has 0 spiro atoms. The molecular weight excluding hydrogens is 266 g/mol. The van der Waals surface area contributed by atoms with Crippen molar-refractivity contribution in [2.75, 3.05) is 13.2 Å². The van der Waals surface area contributed by atoms with Crippen molar-refractivity contribution in [2.24, 2.45) is 5.41 Å². The van der Waals surface area contributed by atoms with E-state index in [1.165, 1.54) is 0 Å². The molecule has 0 aromatic rings. The van der Waals surface area contributed by atoms with Gasteiger partial charge in [-0.2, -0.15) is 0 Å². The first kappa shape index (κ1) is 18.4. The molecule has 0 saturated heterocycles. The van der Waals surface area contributed by atoms with Crippen LogP contribution < -0.4 is 5.32 Å². The van der Waals surface area contributed by atoms with Crippen LogP contribution in [0.25, 0.3) is 0 Å². The molecular formula is C17H33NO3. The van der Waals surface area contributed by atoms with Crippen molar-refractivity contribution < 1.29 is 14.3 Å². The largest absolute Gasteiger partial charge is 0.465 e. The Labute approximate surface area is 130 Å². The molecule has 1 aliphatic rings. The maximum absolute atomic E-state index is 12.3. The van der Waals surface area contributed by atoms with Crippen molar-refractivity contribution in [2.45, 2.75) is 84.9 Å². The number of hydrogen-bond acceptors (Lipinski definition) is 4. The van der Waals surface area contributed by atoms with E-state index < -0.39 is 5.54 Å². The standard InChI is InChI=1S/C17H33NO3/c1-7-20-15(19)17(6,18-14-8-9-14)12-13(2)21-11-10-16(3,4)5/h13-14,18H,7-12H2,1-6H3. The van der Waals surface area contributed by atoms with E-state index in [0.29, 0.717) is 19.1 Å². The van der Waals surface area contributed by atoms with Gasteiger partial charge in [0.05, 0.1) is 12.7 Å². The van der Waals surface area contributed by atoms with Crippen LogP contribution in [0, 0.1) is 5.41 Å². The van der Waals surface area contributed by atoms with Crippen molar-refractivity contribution in [3.63, 3.8) is 0 Å². The predicted octanol–water partition coefficient (Wildman–Crippen LogP) is 3.29. The number of esters is 1. The Morgan fingerprint density at radius 3 is 2.38 bits per heavy atom. The molecule has 0 heterocycles. The fraction of sp³-hybridized carbons (Fsp3) is 0.941. The van der Waals surface area contributed by atoms with Crippen molar-refractivity contribution in [3.05, 3.63) is 0 Å². The van der Waals surface area contributed by atoms with Gasteiger partial charge in [0.2, 0.25) is 0 Å². The Morgan fingerprint density at radius 1 is 1.29 bits per heavy atom. The maximum atomic E-state index is 12.3. The molecule has 21 heavy (non-hydrogen) atoms. The molecule has 1 fully saturated rings. The number of rotatable bonds is 9. The number of hydrogen-bond donors (Lipinski definition) is 1. The monoisotopic (exact) mass is 299 g/mol. The molecule has 2 atom stereocenters. The van der Waals surface area contributed by atoms with Crippen LogP contribution in [-0.2, 0) is 14.3 Å². The van der Waals surface area contributed by atoms with E-state index in [9.17, 15) is 4.79 Å². The van der Waals surface area contributed by atoms with Gasteiger partial charge in [0, 0.05) is 19.1 Å². The zero-order chi connectivity index (χ0) is 16.1. The molecule has 0 radical (unpaired) electrons. The lowest BCUT2D eigenvalue weighted by molar-refractivity contribution is -0.152. The zero-order valence-corrected chi connectivity index (χ0v) is 14.6. The summed E-state index contributed by atoms with van der Waals surface area (Å²) in [4.78, 5) is 12.3. The van der Waals surface area contributed by atoms with Gasteiger partial charge >= 0.3 is 5.97 Å². The lowest BCUT2D eigenvalue weighted by atomic mass is 9.92. The molecule has 1 saturated carbocycles. The van der Waals surface area contributed by atoms with Crippen LogP contribution >= 0.6 is 0 Å². The number of carbonyl (C=O) groups excluding carboxylic acids is 1. The van der Waals surface area contributed by atoms with E-state index >= 15 is 0 Å². The van der Waals surface area contributed by atoms with Crippen molar-refractivity contribution in [1.82, 2.24) is 5.32 Å². The highest BCUT2D eigenvalue weighted by Crippen LogP contribution is 2.27. The minimum atomic E-state index is -0.641. The third-order valence-electron chi connectivity index (χ3n) is 3.78. The average Bonchev–Trinajstić information content (AvgIpc) is 3.11. The highest BCUT2D eigenvalue weighted by atomic mass is 16.5. The van der Waals surface area contributed by atoms with E-state index in [1.807, 2.05) is 20.8 Å². The van der Waals surface area contributed by atoms with Crippen LogP contribution in [-0.4, -0.2) is 36.9 Å². The first-order valence-corrected chi connectivity index (χ1v) is 8.23. The minimum absolute atomic E-state index is 0.0352. The summed E-state index contributed by atoms with van der Waals surface area (Å²) in [7, 11) is 0. The zero-order valence-electron chi connectivity index (χ0n) is 14.6. The predicted molar refractivity (Wildman–Crippen MR) is 85.3 cm³/mol. The van der Waals surface area contributed by atoms with E-state index in [-0.39, 0.29) is 17.5 Å². The van der Waals surface area contributed by atoms with Gasteiger partial charge in [-0.05, 0) is 45.4 Å². The first-order valence-electron chi connectivity index (χ1n) is 8.23. The second-order valence-corrected chi connectivity index (χ2v) is 7.67. The second-order valence-electron chi connectivity index (χ2n) is 7.67. The molecule has 4 nitrogen and oxygen atoms in total. The number of nitrogens with one attached hydrogen (secondary N) is 1. The molecule has 0 aliphatic heterocycles. The SMILES string of the molecule is CCOC(=O)C(C)(CC(C)OCCC(C)(C)C)NC1CC1. The molecule has 0 amide bonds. The second kappa shape index (κ2) is 7.59. The van der Waals surface area contributed by atoms with E-state index in [1.54, 1.807) is 0 Å². The van der Waals surface area contributed by atoms with Gasteiger partial charge in [-0.15, -0.1) is 0 Å². The van der Waals surface area contributed by atoms with Crippen LogP contribution in [0.1, 0.15) is 67.2 Å².